The minimum atomic E-state index is -0.532. The first-order valence-corrected chi connectivity index (χ1v) is 8.91. The average Bonchev–Trinajstić information content (AvgIpc) is 2.76. The second-order valence-electron chi connectivity index (χ2n) is 7.20. The van der Waals surface area contributed by atoms with Gasteiger partial charge in [0.1, 0.15) is 11.9 Å². The standard InChI is InChI=1S/C19H29FN2O4/c1-12(2)19(13(3)4)25-18(23)11-17(26-21)8-6-14-5-7-16(22-24)10-15(20)9-14/h5,7,9,12-13,17,19H,6,8,10-11,21H2,1-4H3. The zero-order valence-electron chi connectivity index (χ0n) is 15.9. The summed E-state index contributed by atoms with van der Waals surface area (Å²) in [4.78, 5) is 27.6. The molecule has 0 aromatic carbocycles. The van der Waals surface area contributed by atoms with E-state index in [0.29, 0.717) is 18.4 Å². The van der Waals surface area contributed by atoms with Crippen LogP contribution in [0.2, 0.25) is 0 Å². The molecule has 2 N–H and O–H groups in total. The molecule has 0 saturated carbocycles. The Bertz CT molecular complexity index is 574. The SMILES string of the molecule is CC(C)C(OC(=O)CC(CCC1=CC=C(N=O)CC(F)=C1)ON)C(C)C. The van der Waals surface area contributed by atoms with Crippen molar-refractivity contribution in [3.05, 3.63) is 40.2 Å². The van der Waals surface area contributed by atoms with Crippen LogP contribution in [-0.2, 0) is 14.4 Å². The number of hydrogen-bond donors (Lipinski definition) is 1. The number of ether oxygens (including phenoxy) is 1. The van der Waals surface area contributed by atoms with Crippen LogP contribution in [0, 0.1) is 16.7 Å². The highest BCUT2D eigenvalue weighted by molar-refractivity contribution is 5.70. The Hall–Kier alpha value is -1.86. The summed E-state index contributed by atoms with van der Waals surface area (Å²) in [6, 6.07) is 0. The van der Waals surface area contributed by atoms with Crippen molar-refractivity contribution < 1.29 is 18.8 Å². The Morgan fingerprint density at radius 2 is 1.92 bits per heavy atom. The summed E-state index contributed by atoms with van der Waals surface area (Å²) in [6.45, 7) is 8.02. The van der Waals surface area contributed by atoms with Gasteiger partial charge in [-0.3, -0.25) is 4.79 Å². The Balaban J connectivity index is 2.61. The molecule has 1 aliphatic rings. The summed E-state index contributed by atoms with van der Waals surface area (Å²) in [6.07, 6.45) is 4.60. The molecule has 26 heavy (non-hydrogen) atoms. The van der Waals surface area contributed by atoms with Crippen LogP contribution in [0.25, 0.3) is 0 Å². The van der Waals surface area contributed by atoms with Gasteiger partial charge in [-0.1, -0.05) is 33.8 Å². The first kappa shape index (κ1) is 22.2. The van der Waals surface area contributed by atoms with Crippen LogP contribution < -0.4 is 5.90 Å². The van der Waals surface area contributed by atoms with E-state index in [2.05, 4.69) is 5.18 Å². The fourth-order valence-electron chi connectivity index (χ4n) is 2.93. The zero-order valence-corrected chi connectivity index (χ0v) is 15.9. The molecule has 0 fully saturated rings. The molecule has 0 radical (unpaired) electrons. The van der Waals surface area contributed by atoms with Crippen molar-refractivity contribution >= 4 is 5.97 Å². The molecule has 0 spiro atoms. The maximum Gasteiger partial charge on any atom is 0.308 e. The van der Waals surface area contributed by atoms with Crippen molar-refractivity contribution in [1.82, 2.24) is 0 Å². The Kier molecular flexibility index (Phi) is 9.37. The lowest BCUT2D eigenvalue weighted by Gasteiger charge is -2.25. The third kappa shape index (κ3) is 7.58. The molecule has 1 aliphatic carbocycles. The van der Waals surface area contributed by atoms with Gasteiger partial charge >= 0.3 is 5.97 Å². The predicted octanol–water partition coefficient (Wildman–Crippen LogP) is 4.47. The van der Waals surface area contributed by atoms with Crippen LogP contribution in [0.15, 0.2) is 40.5 Å². The van der Waals surface area contributed by atoms with Crippen LogP contribution >= 0.6 is 0 Å². The topological polar surface area (TPSA) is 91.0 Å². The number of carbonyl (C=O) groups excluding carboxylic acids is 1. The fraction of sp³-hybridized carbons (Fsp3) is 0.632. The summed E-state index contributed by atoms with van der Waals surface area (Å²) in [5.41, 5.74) is 0.816. The molecule has 7 heteroatoms. The number of esters is 1. The zero-order chi connectivity index (χ0) is 19.7. The monoisotopic (exact) mass is 368 g/mol. The molecule has 146 valence electrons. The second-order valence-corrected chi connectivity index (χ2v) is 7.20. The number of nitroso groups, excluding NO2 is 1. The predicted molar refractivity (Wildman–Crippen MR) is 98.2 cm³/mol. The smallest absolute Gasteiger partial charge is 0.308 e. The Labute approximate surface area is 154 Å². The van der Waals surface area contributed by atoms with E-state index in [1.807, 2.05) is 27.7 Å². The molecule has 0 heterocycles. The first-order valence-electron chi connectivity index (χ1n) is 8.91. The van der Waals surface area contributed by atoms with Crippen LogP contribution in [0.3, 0.4) is 0 Å². The summed E-state index contributed by atoms with van der Waals surface area (Å²) >= 11 is 0. The van der Waals surface area contributed by atoms with Crippen LogP contribution in [0.5, 0.6) is 0 Å². The van der Waals surface area contributed by atoms with E-state index in [9.17, 15) is 14.1 Å². The molecule has 0 aliphatic heterocycles. The van der Waals surface area contributed by atoms with Gasteiger partial charge in [0, 0.05) is 6.42 Å². The van der Waals surface area contributed by atoms with E-state index in [-0.39, 0.29) is 42.4 Å². The van der Waals surface area contributed by atoms with Crippen molar-refractivity contribution in [2.24, 2.45) is 22.9 Å². The number of nitrogens with zero attached hydrogens (tertiary/aromatic N) is 1. The molecule has 6 nitrogen and oxygen atoms in total. The van der Waals surface area contributed by atoms with Gasteiger partial charge in [-0.05, 0) is 47.6 Å². The third-order valence-corrected chi connectivity index (χ3v) is 4.22. The lowest BCUT2D eigenvalue weighted by Crippen LogP contribution is -2.31. The summed E-state index contributed by atoms with van der Waals surface area (Å²) < 4.78 is 19.2. The lowest BCUT2D eigenvalue weighted by molar-refractivity contribution is -0.157. The van der Waals surface area contributed by atoms with E-state index < -0.39 is 11.9 Å². The highest BCUT2D eigenvalue weighted by Crippen LogP contribution is 2.24. The quantitative estimate of drug-likeness (QED) is 0.349. The van der Waals surface area contributed by atoms with Gasteiger partial charge in [0.15, 0.2) is 0 Å². The van der Waals surface area contributed by atoms with Crippen LogP contribution in [-0.4, -0.2) is 18.2 Å². The molecule has 0 saturated heterocycles. The molecule has 0 aromatic rings. The van der Waals surface area contributed by atoms with Gasteiger partial charge in [-0.15, -0.1) is 4.91 Å². The molecule has 0 amide bonds. The molecule has 0 aromatic heterocycles. The van der Waals surface area contributed by atoms with Crippen molar-refractivity contribution in [1.29, 1.82) is 0 Å². The molecule has 0 bridgehead atoms. The molecule has 1 rings (SSSR count). The van der Waals surface area contributed by atoms with E-state index in [0.717, 1.165) is 0 Å². The van der Waals surface area contributed by atoms with Gasteiger partial charge in [0.25, 0.3) is 0 Å². The normalized spacial score (nSPS) is 16.1. The van der Waals surface area contributed by atoms with Gasteiger partial charge < -0.3 is 9.57 Å². The lowest BCUT2D eigenvalue weighted by atomic mass is 9.96. The summed E-state index contributed by atoms with van der Waals surface area (Å²) in [5, 5.41) is 2.78. The molecule has 1 unspecified atom stereocenters. The van der Waals surface area contributed by atoms with Crippen LogP contribution in [0.1, 0.15) is 53.4 Å². The highest BCUT2D eigenvalue weighted by Gasteiger charge is 2.24. The van der Waals surface area contributed by atoms with Crippen molar-refractivity contribution in [2.75, 3.05) is 0 Å². The maximum absolute atomic E-state index is 13.7. The highest BCUT2D eigenvalue weighted by atomic mass is 19.1. The van der Waals surface area contributed by atoms with E-state index in [4.69, 9.17) is 15.5 Å². The number of halogens is 1. The molecule has 1 atom stereocenters. The van der Waals surface area contributed by atoms with Crippen molar-refractivity contribution in [3.63, 3.8) is 0 Å². The number of carbonyl (C=O) groups is 1. The minimum absolute atomic E-state index is 0.0307. The number of allylic oxidation sites excluding steroid dienone is 5. The molecular weight excluding hydrogens is 339 g/mol. The number of rotatable bonds is 10. The first-order chi connectivity index (χ1) is 12.3. The van der Waals surface area contributed by atoms with E-state index >= 15 is 0 Å². The van der Waals surface area contributed by atoms with Gasteiger partial charge in [-0.25, -0.2) is 10.3 Å². The molecular formula is C19H29FN2O4. The van der Waals surface area contributed by atoms with Gasteiger partial charge in [0.2, 0.25) is 0 Å². The van der Waals surface area contributed by atoms with Crippen molar-refractivity contribution in [3.8, 4) is 0 Å². The fourth-order valence-corrected chi connectivity index (χ4v) is 2.93. The second kappa shape index (κ2) is 11.0. The largest absolute Gasteiger partial charge is 0.462 e. The van der Waals surface area contributed by atoms with Gasteiger partial charge in [0.05, 0.1) is 18.2 Å². The van der Waals surface area contributed by atoms with Gasteiger partial charge in [-0.2, -0.15) is 0 Å². The van der Waals surface area contributed by atoms with Crippen molar-refractivity contribution in [2.45, 2.75) is 65.6 Å². The van der Waals surface area contributed by atoms with E-state index in [1.54, 1.807) is 6.08 Å². The van der Waals surface area contributed by atoms with E-state index in [1.165, 1.54) is 12.2 Å². The Morgan fingerprint density at radius 1 is 1.27 bits per heavy atom. The minimum Gasteiger partial charge on any atom is -0.462 e. The Morgan fingerprint density at radius 3 is 2.46 bits per heavy atom. The average molecular weight is 368 g/mol. The number of nitrogens with two attached hydrogens (primary N) is 1. The summed E-state index contributed by atoms with van der Waals surface area (Å²) in [5.74, 6) is 4.94. The third-order valence-electron chi connectivity index (χ3n) is 4.22. The maximum atomic E-state index is 13.7. The van der Waals surface area contributed by atoms with Crippen LogP contribution in [0.4, 0.5) is 4.39 Å². The number of hydrogen-bond acceptors (Lipinski definition) is 6. The summed E-state index contributed by atoms with van der Waals surface area (Å²) in [7, 11) is 0.